The molecule has 0 aliphatic carbocycles. The van der Waals surface area contributed by atoms with E-state index in [0.717, 1.165) is 37.4 Å². The van der Waals surface area contributed by atoms with Crippen LogP contribution in [0.1, 0.15) is 96.0 Å². The van der Waals surface area contributed by atoms with Gasteiger partial charge in [0.1, 0.15) is 6.61 Å². The lowest BCUT2D eigenvalue weighted by molar-refractivity contribution is -0.124. The lowest BCUT2D eigenvalue weighted by Gasteiger charge is -2.16. The van der Waals surface area contributed by atoms with Gasteiger partial charge in [-0.05, 0) is 24.8 Å². The van der Waals surface area contributed by atoms with Gasteiger partial charge in [-0.15, -0.1) is 0 Å². The van der Waals surface area contributed by atoms with Gasteiger partial charge in [0.05, 0.1) is 6.19 Å². The zero-order valence-corrected chi connectivity index (χ0v) is 21.8. The third-order valence-electron chi connectivity index (χ3n) is 6.18. The smallest absolute Gasteiger partial charge is 0.407 e. The van der Waals surface area contributed by atoms with Crippen LogP contribution in [0.3, 0.4) is 0 Å². The second-order valence-corrected chi connectivity index (χ2v) is 9.26. The summed E-state index contributed by atoms with van der Waals surface area (Å²) in [6, 6.07) is 9.55. The monoisotopic (exact) mass is 485 g/mol. The molecule has 0 aromatic heterocycles. The van der Waals surface area contributed by atoms with E-state index in [1.165, 1.54) is 58.6 Å². The van der Waals surface area contributed by atoms with Gasteiger partial charge in [-0.2, -0.15) is 0 Å². The Morgan fingerprint density at radius 3 is 2.11 bits per heavy atom. The molecule has 7 heteroatoms. The van der Waals surface area contributed by atoms with Crippen molar-refractivity contribution < 1.29 is 19.1 Å². The molecule has 0 saturated heterocycles. The first-order valence-electron chi connectivity index (χ1n) is 13.7. The van der Waals surface area contributed by atoms with E-state index >= 15 is 0 Å². The van der Waals surface area contributed by atoms with Crippen LogP contribution in [0.2, 0.25) is 6.32 Å². The van der Waals surface area contributed by atoms with Gasteiger partial charge >= 0.3 is 6.09 Å². The maximum Gasteiger partial charge on any atom is 0.407 e. The molecule has 195 valence electrons. The summed E-state index contributed by atoms with van der Waals surface area (Å²) in [6.45, 7) is 3.68. The first kappa shape index (κ1) is 30.7. The predicted molar refractivity (Wildman–Crippen MR) is 144 cm³/mol. The molecule has 0 saturated carbocycles. The van der Waals surface area contributed by atoms with Crippen molar-refractivity contribution in [2.24, 2.45) is 5.92 Å². The van der Waals surface area contributed by atoms with Gasteiger partial charge in [-0.25, -0.2) is 4.79 Å². The number of hydrogen-bond acceptors (Lipinski definition) is 4. The summed E-state index contributed by atoms with van der Waals surface area (Å²) in [5, 5.41) is 5.79. The summed E-state index contributed by atoms with van der Waals surface area (Å²) in [6.07, 6.45) is 15.7. The molecule has 35 heavy (non-hydrogen) atoms. The molecule has 0 heterocycles. The Kier molecular flexibility index (Phi) is 19.5. The number of hydrogen-bond donors (Lipinski definition) is 2. The molecule has 2 N–H and O–H groups in total. The molecule has 6 nitrogen and oxygen atoms in total. The lowest BCUT2D eigenvalue weighted by Crippen LogP contribution is -2.32. The topological polar surface area (TPSA) is 84.5 Å². The zero-order valence-electron chi connectivity index (χ0n) is 21.8. The molecule has 1 radical (unpaired) electrons. The second kappa shape index (κ2) is 22.2. The van der Waals surface area contributed by atoms with Crippen LogP contribution in [0.25, 0.3) is 0 Å². The third-order valence-corrected chi connectivity index (χ3v) is 6.18. The molecule has 0 fully saturated rings. The lowest BCUT2D eigenvalue weighted by atomic mass is 9.70. The summed E-state index contributed by atoms with van der Waals surface area (Å²) >= 11 is 0. The van der Waals surface area contributed by atoms with Gasteiger partial charge in [-0.3, -0.25) is 4.79 Å². The molecule has 1 aromatic rings. The Morgan fingerprint density at radius 2 is 1.46 bits per heavy atom. The minimum absolute atomic E-state index is 0.0225. The highest BCUT2D eigenvalue weighted by Gasteiger charge is 2.17. The average molecular weight is 485 g/mol. The Morgan fingerprint density at radius 1 is 0.857 bits per heavy atom. The van der Waals surface area contributed by atoms with Gasteiger partial charge in [0.2, 0.25) is 5.91 Å². The van der Waals surface area contributed by atoms with Crippen molar-refractivity contribution in [2.45, 2.75) is 103 Å². The van der Waals surface area contributed by atoms with E-state index in [1.54, 1.807) is 0 Å². The molecule has 0 aliphatic rings. The van der Waals surface area contributed by atoms with Gasteiger partial charge in [-0.1, -0.05) is 108 Å². The summed E-state index contributed by atoms with van der Waals surface area (Å²) < 4.78 is 5.19. The van der Waals surface area contributed by atoms with Gasteiger partial charge in [0, 0.05) is 19.0 Å². The predicted octanol–water partition coefficient (Wildman–Crippen LogP) is 6.05. The largest absolute Gasteiger partial charge is 0.445 e. The highest BCUT2D eigenvalue weighted by Crippen LogP contribution is 2.14. The van der Waals surface area contributed by atoms with Gasteiger partial charge in [0.15, 0.2) is 7.28 Å². The van der Waals surface area contributed by atoms with Crippen molar-refractivity contribution in [3.8, 4) is 0 Å². The molecule has 1 aromatic carbocycles. The van der Waals surface area contributed by atoms with Crippen LogP contribution in [0.4, 0.5) is 4.79 Å². The number of amides is 2. The number of rotatable bonds is 22. The summed E-state index contributed by atoms with van der Waals surface area (Å²) in [7, 11) is 1.52. The minimum atomic E-state index is -0.436. The number of carbonyl (C=O) groups excluding carboxylic acids is 3. The van der Waals surface area contributed by atoms with E-state index in [-0.39, 0.29) is 18.4 Å². The highest BCUT2D eigenvalue weighted by molar-refractivity contribution is 6.66. The van der Waals surface area contributed by atoms with E-state index < -0.39 is 6.09 Å². The molecule has 1 atom stereocenters. The number of unbranched alkanes of at least 4 members (excludes halogenated alkanes) is 10. The third kappa shape index (κ3) is 17.7. The second-order valence-electron chi connectivity index (χ2n) is 9.26. The zero-order chi connectivity index (χ0) is 25.4. The van der Waals surface area contributed by atoms with Crippen molar-refractivity contribution in [1.82, 2.24) is 10.6 Å². The number of alkyl carbamates (subject to hydrolysis) is 1. The van der Waals surface area contributed by atoms with Crippen molar-refractivity contribution in [1.29, 1.82) is 0 Å². The normalized spacial score (nSPS) is 11.5. The fourth-order valence-corrected chi connectivity index (χ4v) is 4.02. The van der Waals surface area contributed by atoms with Crippen LogP contribution >= 0.6 is 0 Å². The van der Waals surface area contributed by atoms with Crippen molar-refractivity contribution in [2.75, 3.05) is 13.1 Å². The Hall–Kier alpha value is -2.31. The van der Waals surface area contributed by atoms with Crippen LogP contribution in [0, 0.1) is 5.92 Å². The van der Waals surface area contributed by atoms with Gasteiger partial charge in [0.25, 0.3) is 0 Å². The van der Waals surface area contributed by atoms with Crippen LogP contribution in [0.15, 0.2) is 30.3 Å². The Bertz CT molecular complexity index is 672. The number of benzene rings is 1. The summed E-state index contributed by atoms with van der Waals surface area (Å²) in [5.41, 5.74) is 0.945. The molecule has 2 amide bonds. The van der Waals surface area contributed by atoms with E-state index in [9.17, 15) is 14.4 Å². The Balaban J connectivity index is 2.09. The number of carbonyl (C=O) groups is 3. The van der Waals surface area contributed by atoms with E-state index in [4.69, 9.17) is 4.74 Å². The average Bonchev–Trinajstić information content (AvgIpc) is 2.88. The fourth-order valence-electron chi connectivity index (χ4n) is 4.02. The number of nitrogens with one attached hydrogen (secondary N) is 2. The molecule has 0 unspecified atom stereocenters. The van der Waals surface area contributed by atoms with Crippen molar-refractivity contribution in [3.05, 3.63) is 35.9 Å². The van der Waals surface area contributed by atoms with Crippen LogP contribution in [-0.2, 0) is 20.9 Å². The molecule has 0 aliphatic heterocycles. The maximum atomic E-state index is 12.6. The first-order valence-corrected chi connectivity index (χ1v) is 13.7. The quantitative estimate of drug-likeness (QED) is 0.119. The highest BCUT2D eigenvalue weighted by atomic mass is 16.5. The van der Waals surface area contributed by atoms with E-state index in [1.807, 2.05) is 30.3 Å². The molecule has 1 rings (SSSR count). The molecule has 0 spiro atoms. The minimum Gasteiger partial charge on any atom is -0.445 e. The first-order chi connectivity index (χ1) is 17.2. The van der Waals surface area contributed by atoms with Crippen LogP contribution in [0.5, 0.6) is 0 Å². The van der Waals surface area contributed by atoms with Crippen LogP contribution in [-0.4, -0.2) is 38.6 Å². The van der Waals surface area contributed by atoms with Crippen molar-refractivity contribution in [3.63, 3.8) is 0 Å². The van der Waals surface area contributed by atoms with Crippen molar-refractivity contribution >= 4 is 25.5 Å². The van der Waals surface area contributed by atoms with E-state index in [0.29, 0.717) is 25.8 Å². The summed E-state index contributed by atoms with van der Waals surface area (Å²) in [4.78, 5) is 35.1. The van der Waals surface area contributed by atoms with Gasteiger partial charge < -0.3 is 20.2 Å². The molecular formula is C28H46BN2O4. The Labute approximate surface area is 213 Å². The molecular weight excluding hydrogens is 439 g/mol. The standard InChI is InChI=1S/C28H46BN2O4/c1-2-3-4-5-6-7-8-9-10-15-20-30-27(33)26(22-29-24-32)19-14-16-21-31-28(34)35-23-25-17-12-11-13-18-25/h11-13,17-18,24,26H,2-10,14-16,19-23H2,1H3,(H,30,33)(H,31,34)/t26-/m1/s1. The number of ether oxygens (including phenoxy) is 1. The fraction of sp³-hybridized carbons (Fsp3) is 0.679. The maximum absolute atomic E-state index is 12.6. The molecule has 0 bridgehead atoms. The van der Waals surface area contributed by atoms with Crippen LogP contribution < -0.4 is 10.6 Å². The SMILES string of the molecule is CCCCCCCCCCCCNC(=O)[C@@H](C[B]C=O)CCCCNC(=O)OCc1ccccc1. The summed E-state index contributed by atoms with van der Waals surface area (Å²) in [5.74, 6) is -0.178. The van der Waals surface area contributed by atoms with E-state index in [2.05, 4.69) is 17.6 Å².